The Morgan fingerprint density at radius 3 is 2.52 bits per heavy atom. The highest BCUT2D eigenvalue weighted by atomic mass is 16.5. The van der Waals surface area contributed by atoms with Crippen molar-refractivity contribution in [2.45, 2.75) is 33.9 Å². The SMILES string of the molecule is COCCn1c(C)cc(C(=O)C[n+]2ccc(C)cc2)c1C. The zero-order valence-corrected chi connectivity index (χ0v) is 13.2. The van der Waals surface area contributed by atoms with E-state index in [0.717, 1.165) is 23.5 Å². The summed E-state index contributed by atoms with van der Waals surface area (Å²) in [5.41, 5.74) is 4.11. The van der Waals surface area contributed by atoms with Gasteiger partial charge in [0, 0.05) is 42.7 Å². The standard InChI is InChI=1S/C17H23N2O2/c1-13-5-7-18(8-6-13)12-17(20)16-11-14(2)19(15(16)3)9-10-21-4/h5-8,11H,9-10,12H2,1-4H3/q+1. The highest BCUT2D eigenvalue weighted by molar-refractivity contribution is 5.96. The van der Waals surface area contributed by atoms with Gasteiger partial charge in [-0.1, -0.05) is 0 Å². The van der Waals surface area contributed by atoms with Gasteiger partial charge in [-0.05, 0) is 32.4 Å². The van der Waals surface area contributed by atoms with Crippen molar-refractivity contribution in [2.75, 3.05) is 13.7 Å². The van der Waals surface area contributed by atoms with Gasteiger partial charge in [0.25, 0.3) is 0 Å². The van der Waals surface area contributed by atoms with Gasteiger partial charge in [0.05, 0.1) is 6.61 Å². The third-order valence-corrected chi connectivity index (χ3v) is 3.78. The quantitative estimate of drug-likeness (QED) is 0.603. The lowest BCUT2D eigenvalue weighted by Crippen LogP contribution is -2.37. The Kier molecular flexibility index (Phi) is 4.91. The molecule has 2 aromatic rings. The van der Waals surface area contributed by atoms with Gasteiger partial charge in [0.2, 0.25) is 12.3 Å². The van der Waals surface area contributed by atoms with Gasteiger partial charge in [0.15, 0.2) is 12.4 Å². The summed E-state index contributed by atoms with van der Waals surface area (Å²) in [5, 5.41) is 0. The molecular weight excluding hydrogens is 264 g/mol. The van der Waals surface area contributed by atoms with Crippen LogP contribution in [-0.4, -0.2) is 24.1 Å². The Hall–Kier alpha value is -1.94. The molecule has 0 saturated heterocycles. The number of methoxy groups -OCH3 is 1. The average Bonchev–Trinajstić information content (AvgIpc) is 2.74. The van der Waals surface area contributed by atoms with Crippen molar-refractivity contribution >= 4 is 5.78 Å². The molecule has 0 amide bonds. The molecule has 0 atom stereocenters. The minimum atomic E-state index is 0.139. The van der Waals surface area contributed by atoms with Crippen molar-refractivity contribution in [1.29, 1.82) is 0 Å². The van der Waals surface area contributed by atoms with Crippen LogP contribution in [0.3, 0.4) is 0 Å². The number of Topliss-reactive ketones (excluding diaryl/α,β-unsaturated/α-hetero) is 1. The number of hydrogen-bond acceptors (Lipinski definition) is 2. The number of ether oxygens (including phenoxy) is 1. The summed E-state index contributed by atoms with van der Waals surface area (Å²) >= 11 is 0. The van der Waals surface area contributed by atoms with E-state index in [1.807, 2.05) is 55.9 Å². The van der Waals surface area contributed by atoms with Gasteiger partial charge in [-0.2, -0.15) is 4.57 Å². The number of carbonyl (C=O) groups is 1. The molecule has 0 aliphatic heterocycles. The Balaban J connectivity index is 2.17. The highest BCUT2D eigenvalue weighted by Gasteiger charge is 2.18. The fraction of sp³-hybridized carbons (Fsp3) is 0.412. The monoisotopic (exact) mass is 287 g/mol. The summed E-state index contributed by atoms with van der Waals surface area (Å²) in [6.45, 7) is 7.86. The second-order valence-electron chi connectivity index (χ2n) is 5.40. The average molecular weight is 287 g/mol. The van der Waals surface area contributed by atoms with E-state index in [9.17, 15) is 4.79 Å². The fourth-order valence-corrected chi connectivity index (χ4v) is 2.50. The van der Waals surface area contributed by atoms with E-state index in [-0.39, 0.29) is 5.78 Å². The Labute approximate surface area is 126 Å². The van der Waals surface area contributed by atoms with E-state index in [2.05, 4.69) is 4.57 Å². The first kappa shape index (κ1) is 15.4. The zero-order chi connectivity index (χ0) is 15.4. The van der Waals surface area contributed by atoms with Gasteiger partial charge in [0.1, 0.15) is 0 Å². The Morgan fingerprint density at radius 1 is 1.24 bits per heavy atom. The van der Waals surface area contributed by atoms with Crippen LogP contribution in [0.4, 0.5) is 0 Å². The third-order valence-electron chi connectivity index (χ3n) is 3.78. The summed E-state index contributed by atoms with van der Waals surface area (Å²) in [4.78, 5) is 12.5. The lowest BCUT2D eigenvalue weighted by atomic mass is 10.1. The first-order valence-electron chi connectivity index (χ1n) is 7.17. The van der Waals surface area contributed by atoms with E-state index in [4.69, 9.17) is 4.74 Å². The second kappa shape index (κ2) is 6.68. The van der Waals surface area contributed by atoms with Crippen LogP contribution >= 0.6 is 0 Å². The maximum absolute atomic E-state index is 12.5. The number of aromatic nitrogens is 2. The summed E-state index contributed by atoms with van der Waals surface area (Å²) < 4.78 is 9.17. The first-order chi connectivity index (χ1) is 10.0. The van der Waals surface area contributed by atoms with Crippen LogP contribution in [0.5, 0.6) is 0 Å². The second-order valence-corrected chi connectivity index (χ2v) is 5.40. The molecule has 0 fully saturated rings. The van der Waals surface area contributed by atoms with E-state index < -0.39 is 0 Å². The van der Waals surface area contributed by atoms with Crippen molar-refractivity contribution in [3.8, 4) is 0 Å². The lowest BCUT2D eigenvalue weighted by molar-refractivity contribution is -0.683. The van der Waals surface area contributed by atoms with Gasteiger partial charge < -0.3 is 9.30 Å². The van der Waals surface area contributed by atoms with Crippen molar-refractivity contribution in [2.24, 2.45) is 0 Å². The fourth-order valence-electron chi connectivity index (χ4n) is 2.50. The molecule has 2 aromatic heterocycles. The third kappa shape index (κ3) is 3.58. The molecule has 0 spiro atoms. The van der Waals surface area contributed by atoms with Crippen LogP contribution in [-0.2, 0) is 17.8 Å². The number of carbonyl (C=O) groups excluding carboxylic acids is 1. The van der Waals surface area contributed by atoms with Crippen LogP contribution in [0.1, 0.15) is 27.3 Å². The molecule has 0 saturated carbocycles. The minimum Gasteiger partial charge on any atom is -0.383 e. The normalized spacial score (nSPS) is 10.9. The highest BCUT2D eigenvalue weighted by Crippen LogP contribution is 2.15. The molecule has 4 heteroatoms. The zero-order valence-electron chi connectivity index (χ0n) is 13.2. The smallest absolute Gasteiger partial charge is 0.229 e. The molecule has 0 radical (unpaired) electrons. The summed E-state index contributed by atoms with van der Waals surface area (Å²) in [5.74, 6) is 0.139. The summed E-state index contributed by atoms with van der Waals surface area (Å²) in [6.07, 6.45) is 3.88. The number of nitrogens with zero attached hydrogens (tertiary/aromatic N) is 2. The largest absolute Gasteiger partial charge is 0.383 e. The van der Waals surface area contributed by atoms with Crippen LogP contribution in [0, 0.1) is 20.8 Å². The van der Waals surface area contributed by atoms with Gasteiger partial charge >= 0.3 is 0 Å². The van der Waals surface area contributed by atoms with Gasteiger partial charge in [-0.3, -0.25) is 4.79 Å². The maximum Gasteiger partial charge on any atom is 0.229 e. The molecule has 112 valence electrons. The number of rotatable bonds is 6. The predicted molar refractivity (Wildman–Crippen MR) is 81.5 cm³/mol. The predicted octanol–water partition coefficient (Wildman–Crippen LogP) is 2.23. The van der Waals surface area contributed by atoms with E-state index >= 15 is 0 Å². The number of pyridine rings is 1. The van der Waals surface area contributed by atoms with Gasteiger partial charge in [-0.15, -0.1) is 0 Å². The minimum absolute atomic E-state index is 0.139. The van der Waals surface area contributed by atoms with E-state index in [1.165, 1.54) is 5.56 Å². The maximum atomic E-state index is 12.5. The molecule has 0 bridgehead atoms. The van der Waals surface area contributed by atoms with E-state index in [0.29, 0.717) is 13.2 Å². The molecular formula is C17H23N2O2+. The van der Waals surface area contributed by atoms with Crippen molar-refractivity contribution in [3.63, 3.8) is 0 Å². The molecule has 4 nitrogen and oxygen atoms in total. The van der Waals surface area contributed by atoms with Crippen molar-refractivity contribution < 1.29 is 14.1 Å². The summed E-state index contributed by atoms with van der Waals surface area (Å²) in [6, 6.07) is 5.99. The van der Waals surface area contributed by atoms with Crippen molar-refractivity contribution in [3.05, 3.63) is 53.1 Å². The lowest BCUT2D eigenvalue weighted by Gasteiger charge is -2.08. The van der Waals surface area contributed by atoms with Crippen LogP contribution in [0.2, 0.25) is 0 Å². The topological polar surface area (TPSA) is 35.1 Å². The van der Waals surface area contributed by atoms with Gasteiger partial charge in [-0.25, -0.2) is 0 Å². The molecule has 0 aromatic carbocycles. The molecule has 21 heavy (non-hydrogen) atoms. The molecule has 0 aliphatic rings. The Bertz CT molecular complexity index is 627. The number of aryl methyl sites for hydroxylation is 2. The van der Waals surface area contributed by atoms with Crippen molar-refractivity contribution in [1.82, 2.24) is 4.57 Å². The Morgan fingerprint density at radius 2 is 1.90 bits per heavy atom. The summed E-state index contributed by atoms with van der Waals surface area (Å²) in [7, 11) is 1.69. The first-order valence-corrected chi connectivity index (χ1v) is 7.17. The number of hydrogen-bond donors (Lipinski definition) is 0. The molecule has 0 aliphatic carbocycles. The molecule has 2 heterocycles. The number of ketones is 1. The van der Waals surface area contributed by atoms with Crippen LogP contribution in [0.25, 0.3) is 0 Å². The van der Waals surface area contributed by atoms with Crippen LogP contribution < -0.4 is 4.57 Å². The van der Waals surface area contributed by atoms with E-state index in [1.54, 1.807) is 7.11 Å². The molecule has 0 unspecified atom stereocenters. The molecule has 0 N–H and O–H groups in total. The van der Waals surface area contributed by atoms with Crippen LogP contribution in [0.15, 0.2) is 30.6 Å². The molecule has 2 rings (SSSR count).